The standard InChI is InChI=1S/C17H28N4O2/c1-3-16(17(19-5-1)21-9-13-23-14-10-21)15-18-4-2-6-20-7-11-22-12-8-20/h1,3,5,18H,2,4,6-15H2. The number of nitrogens with zero attached hydrogens (tertiary/aromatic N) is 3. The summed E-state index contributed by atoms with van der Waals surface area (Å²) in [6.07, 6.45) is 3.06. The Balaban J connectivity index is 1.41. The zero-order chi connectivity index (χ0) is 15.7. The van der Waals surface area contributed by atoms with Crippen molar-refractivity contribution in [2.24, 2.45) is 0 Å². The highest BCUT2D eigenvalue weighted by molar-refractivity contribution is 5.46. The zero-order valence-electron chi connectivity index (χ0n) is 13.9. The highest BCUT2D eigenvalue weighted by Crippen LogP contribution is 2.18. The topological polar surface area (TPSA) is 49.9 Å². The number of nitrogens with one attached hydrogen (secondary N) is 1. The second-order valence-corrected chi connectivity index (χ2v) is 6.07. The molecule has 3 heterocycles. The third-order valence-electron chi connectivity index (χ3n) is 4.43. The molecule has 0 spiro atoms. The summed E-state index contributed by atoms with van der Waals surface area (Å²) in [6, 6.07) is 4.20. The van der Waals surface area contributed by atoms with E-state index in [1.54, 1.807) is 0 Å². The quantitative estimate of drug-likeness (QED) is 0.748. The molecular weight excluding hydrogens is 292 g/mol. The van der Waals surface area contributed by atoms with Gasteiger partial charge in [-0.2, -0.15) is 0 Å². The van der Waals surface area contributed by atoms with Crippen LogP contribution in [0.1, 0.15) is 12.0 Å². The van der Waals surface area contributed by atoms with Crippen molar-refractivity contribution in [3.8, 4) is 0 Å². The fourth-order valence-corrected chi connectivity index (χ4v) is 3.10. The SMILES string of the molecule is c1cnc(N2CCOCC2)c(CNCCCN2CCOCC2)c1. The number of rotatable bonds is 7. The second kappa shape index (κ2) is 9.17. The number of pyridine rings is 1. The third kappa shape index (κ3) is 5.14. The van der Waals surface area contributed by atoms with E-state index in [1.165, 1.54) is 12.0 Å². The number of aromatic nitrogens is 1. The molecule has 0 bridgehead atoms. The summed E-state index contributed by atoms with van der Waals surface area (Å²) in [4.78, 5) is 9.39. The van der Waals surface area contributed by atoms with Crippen LogP contribution in [-0.4, -0.2) is 75.6 Å². The summed E-state index contributed by atoms with van der Waals surface area (Å²) < 4.78 is 10.8. The average Bonchev–Trinajstić information content (AvgIpc) is 2.63. The molecule has 1 aromatic rings. The van der Waals surface area contributed by atoms with Crippen LogP contribution in [0.15, 0.2) is 18.3 Å². The molecule has 0 atom stereocenters. The van der Waals surface area contributed by atoms with Crippen LogP contribution in [-0.2, 0) is 16.0 Å². The lowest BCUT2D eigenvalue weighted by atomic mass is 10.2. The van der Waals surface area contributed by atoms with Gasteiger partial charge in [-0.15, -0.1) is 0 Å². The molecule has 2 aliphatic rings. The molecule has 0 saturated carbocycles. The van der Waals surface area contributed by atoms with E-state index in [9.17, 15) is 0 Å². The van der Waals surface area contributed by atoms with E-state index in [1.807, 2.05) is 12.3 Å². The fourth-order valence-electron chi connectivity index (χ4n) is 3.10. The van der Waals surface area contributed by atoms with Crippen molar-refractivity contribution in [2.75, 3.05) is 70.6 Å². The van der Waals surface area contributed by atoms with E-state index in [2.05, 4.69) is 26.2 Å². The van der Waals surface area contributed by atoms with Crippen LogP contribution in [0.3, 0.4) is 0 Å². The monoisotopic (exact) mass is 320 g/mol. The van der Waals surface area contributed by atoms with Crippen LogP contribution in [0.4, 0.5) is 5.82 Å². The highest BCUT2D eigenvalue weighted by Gasteiger charge is 2.15. The second-order valence-electron chi connectivity index (χ2n) is 6.07. The molecule has 0 aromatic carbocycles. The maximum atomic E-state index is 5.43. The predicted molar refractivity (Wildman–Crippen MR) is 90.9 cm³/mol. The minimum atomic E-state index is 0.795. The molecule has 2 fully saturated rings. The van der Waals surface area contributed by atoms with E-state index < -0.39 is 0 Å². The highest BCUT2D eigenvalue weighted by atomic mass is 16.5. The van der Waals surface area contributed by atoms with Crippen molar-refractivity contribution in [1.29, 1.82) is 0 Å². The minimum Gasteiger partial charge on any atom is -0.379 e. The van der Waals surface area contributed by atoms with E-state index in [4.69, 9.17) is 9.47 Å². The molecule has 23 heavy (non-hydrogen) atoms. The summed E-state index contributed by atoms with van der Waals surface area (Å²) in [6.45, 7) is 10.4. The Labute approximate surface area is 138 Å². The van der Waals surface area contributed by atoms with Gasteiger partial charge >= 0.3 is 0 Å². The number of morpholine rings is 2. The molecular formula is C17H28N4O2. The lowest BCUT2D eigenvalue weighted by Gasteiger charge is -2.29. The largest absolute Gasteiger partial charge is 0.379 e. The molecule has 0 unspecified atom stereocenters. The van der Waals surface area contributed by atoms with Crippen molar-refractivity contribution in [1.82, 2.24) is 15.2 Å². The minimum absolute atomic E-state index is 0.795. The first-order valence-corrected chi connectivity index (χ1v) is 8.71. The molecule has 1 aromatic heterocycles. The molecule has 6 heteroatoms. The smallest absolute Gasteiger partial charge is 0.133 e. The molecule has 0 aliphatic carbocycles. The Hall–Kier alpha value is -1.21. The van der Waals surface area contributed by atoms with Crippen LogP contribution in [0.25, 0.3) is 0 Å². The maximum absolute atomic E-state index is 5.43. The molecule has 0 radical (unpaired) electrons. The molecule has 1 N–H and O–H groups in total. The van der Waals surface area contributed by atoms with Gasteiger partial charge in [-0.1, -0.05) is 6.07 Å². The van der Waals surface area contributed by atoms with Crippen molar-refractivity contribution in [3.63, 3.8) is 0 Å². The van der Waals surface area contributed by atoms with Gasteiger partial charge in [0.2, 0.25) is 0 Å². The van der Waals surface area contributed by atoms with Gasteiger partial charge in [0.25, 0.3) is 0 Å². The van der Waals surface area contributed by atoms with E-state index >= 15 is 0 Å². The molecule has 128 valence electrons. The van der Waals surface area contributed by atoms with Crippen molar-refractivity contribution >= 4 is 5.82 Å². The molecule has 6 nitrogen and oxygen atoms in total. The lowest BCUT2D eigenvalue weighted by molar-refractivity contribution is 0.0374. The van der Waals surface area contributed by atoms with Crippen LogP contribution < -0.4 is 10.2 Å². The van der Waals surface area contributed by atoms with Crippen molar-refractivity contribution in [2.45, 2.75) is 13.0 Å². The zero-order valence-corrected chi connectivity index (χ0v) is 13.9. The van der Waals surface area contributed by atoms with Crippen LogP contribution in [0.2, 0.25) is 0 Å². The molecule has 3 rings (SSSR count). The van der Waals surface area contributed by atoms with Crippen LogP contribution in [0.5, 0.6) is 0 Å². The van der Waals surface area contributed by atoms with E-state index in [0.717, 1.165) is 78.1 Å². The van der Waals surface area contributed by atoms with Crippen molar-refractivity contribution < 1.29 is 9.47 Å². The average molecular weight is 320 g/mol. The first kappa shape index (κ1) is 16.6. The van der Waals surface area contributed by atoms with Crippen LogP contribution >= 0.6 is 0 Å². The summed E-state index contributed by atoms with van der Waals surface area (Å²) in [5.74, 6) is 1.11. The Morgan fingerprint density at radius 2 is 1.78 bits per heavy atom. The van der Waals surface area contributed by atoms with Gasteiger partial charge in [-0.3, -0.25) is 4.90 Å². The molecule has 0 amide bonds. The Morgan fingerprint density at radius 1 is 1.04 bits per heavy atom. The molecule has 2 saturated heterocycles. The Kier molecular flexibility index (Phi) is 6.64. The van der Waals surface area contributed by atoms with Gasteiger partial charge in [0.15, 0.2) is 0 Å². The van der Waals surface area contributed by atoms with Crippen molar-refractivity contribution in [3.05, 3.63) is 23.9 Å². The predicted octanol–water partition coefficient (Wildman–Crippen LogP) is 0.730. The van der Waals surface area contributed by atoms with Gasteiger partial charge < -0.3 is 19.7 Å². The Morgan fingerprint density at radius 3 is 2.57 bits per heavy atom. The number of anilines is 1. The summed E-state index contributed by atoms with van der Waals surface area (Å²) in [5.41, 5.74) is 1.28. The molecule has 2 aliphatic heterocycles. The third-order valence-corrected chi connectivity index (χ3v) is 4.43. The lowest BCUT2D eigenvalue weighted by Crippen LogP contribution is -2.38. The summed E-state index contributed by atoms with van der Waals surface area (Å²) >= 11 is 0. The number of hydrogen-bond donors (Lipinski definition) is 1. The van der Waals surface area contributed by atoms with Gasteiger partial charge in [-0.25, -0.2) is 4.98 Å². The van der Waals surface area contributed by atoms with Gasteiger partial charge in [0, 0.05) is 44.5 Å². The maximum Gasteiger partial charge on any atom is 0.133 e. The summed E-state index contributed by atoms with van der Waals surface area (Å²) in [5, 5.41) is 3.56. The van der Waals surface area contributed by atoms with Gasteiger partial charge in [0.1, 0.15) is 5.82 Å². The number of ether oxygens (including phenoxy) is 2. The Bertz CT molecular complexity index is 460. The van der Waals surface area contributed by atoms with Crippen LogP contribution in [0, 0.1) is 0 Å². The van der Waals surface area contributed by atoms with E-state index in [-0.39, 0.29) is 0 Å². The first-order chi connectivity index (χ1) is 11.4. The fraction of sp³-hybridized carbons (Fsp3) is 0.706. The normalized spacial score (nSPS) is 19.9. The van der Waals surface area contributed by atoms with Gasteiger partial charge in [-0.05, 0) is 25.6 Å². The van der Waals surface area contributed by atoms with Gasteiger partial charge in [0.05, 0.1) is 26.4 Å². The summed E-state index contributed by atoms with van der Waals surface area (Å²) in [7, 11) is 0. The number of hydrogen-bond acceptors (Lipinski definition) is 6. The first-order valence-electron chi connectivity index (χ1n) is 8.71. The van der Waals surface area contributed by atoms with E-state index in [0.29, 0.717) is 0 Å².